The number of benzene rings is 2. The molecule has 3 aromatic rings. The molecule has 0 unspecified atom stereocenters. The Kier molecular flexibility index (Phi) is 7.14. The molecule has 170 valence electrons. The minimum atomic E-state index is 0.0231. The molecular weight excluding hydrogens is 406 g/mol. The summed E-state index contributed by atoms with van der Waals surface area (Å²) in [5.74, 6) is 1.66. The molecule has 1 aliphatic heterocycles. The molecule has 2 heterocycles. The van der Waals surface area contributed by atoms with Crippen molar-refractivity contribution in [3.05, 3.63) is 48.0 Å². The minimum absolute atomic E-state index is 0.0231. The van der Waals surface area contributed by atoms with E-state index < -0.39 is 0 Å². The molecule has 0 radical (unpaired) electrons. The topological polar surface area (TPSA) is 76.8 Å². The van der Waals surface area contributed by atoms with Crippen molar-refractivity contribution in [1.82, 2.24) is 10.3 Å². The van der Waals surface area contributed by atoms with Crippen LogP contribution in [0.3, 0.4) is 0 Å². The van der Waals surface area contributed by atoms with E-state index in [0.717, 1.165) is 60.5 Å². The number of carbonyl (C=O) groups is 1. The number of oxazole rings is 1. The van der Waals surface area contributed by atoms with Crippen molar-refractivity contribution >= 4 is 23.0 Å². The predicted molar refractivity (Wildman–Crippen MR) is 124 cm³/mol. The Balaban J connectivity index is 1.25. The number of fused-ring (bicyclic) bond motifs is 1. The van der Waals surface area contributed by atoms with Gasteiger partial charge in [-0.3, -0.25) is 4.79 Å². The third-order valence-corrected chi connectivity index (χ3v) is 5.74. The van der Waals surface area contributed by atoms with Crippen LogP contribution in [0, 0.1) is 5.92 Å². The number of piperidine rings is 1. The lowest BCUT2D eigenvalue weighted by Crippen LogP contribution is -2.41. The lowest BCUT2D eigenvalue weighted by Gasteiger charge is -2.30. The molecule has 1 saturated heterocycles. The van der Waals surface area contributed by atoms with Crippen LogP contribution in [0.5, 0.6) is 11.5 Å². The summed E-state index contributed by atoms with van der Waals surface area (Å²) in [4.78, 5) is 19.4. The van der Waals surface area contributed by atoms with Crippen LogP contribution in [-0.4, -0.2) is 43.7 Å². The molecule has 7 heteroatoms. The van der Waals surface area contributed by atoms with E-state index in [4.69, 9.17) is 13.9 Å². The van der Waals surface area contributed by atoms with Crippen LogP contribution >= 0.6 is 0 Å². The minimum Gasteiger partial charge on any atom is -0.490 e. The lowest BCUT2D eigenvalue weighted by atomic mass is 9.96. The zero-order valence-corrected chi connectivity index (χ0v) is 18.8. The molecule has 1 fully saturated rings. The average molecular weight is 438 g/mol. The van der Waals surface area contributed by atoms with Crippen molar-refractivity contribution in [3.63, 3.8) is 0 Å². The van der Waals surface area contributed by atoms with Gasteiger partial charge in [0, 0.05) is 25.6 Å². The quantitative estimate of drug-likeness (QED) is 0.541. The third kappa shape index (κ3) is 5.15. The second-order valence-corrected chi connectivity index (χ2v) is 7.91. The number of nitrogens with zero attached hydrogens (tertiary/aromatic N) is 2. The Labute approximate surface area is 188 Å². The van der Waals surface area contributed by atoms with E-state index in [2.05, 4.69) is 15.2 Å². The van der Waals surface area contributed by atoms with E-state index in [1.54, 1.807) is 0 Å². The fourth-order valence-electron chi connectivity index (χ4n) is 4.05. The number of aromatic nitrogens is 1. The van der Waals surface area contributed by atoms with Crippen molar-refractivity contribution in [3.8, 4) is 11.5 Å². The largest absolute Gasteiger partial charge is 0.490 e. The molecule has 0 aliphatic carbocycles. The second-order valence-electron chi connectivity index (χ2n) is 7.91. The Hall–Kier alpha value is -3.22. The van der Waals surface area contributed by atoms with Gasteiger partial charge in [0.15, 0.2) is 17.1 Å². The number of rotatable bonds is 9. The SMILES string of the molecule is CCOc1ccc(CCNC(=O)C2CCN(c3nc4ccccc4o3)CC2)cc1OCC. The van der Waals surface area contributed by atoms with Gasteiger partial charge in [0.25, 0.3) is 6.01 Å². The van der Waals surface area contributed by atoms with Crippen LogP contribution in [0.15, 0.2) is 46.9 Å². The first-order valence-electron chi connectivity index (χ1n) is 11.4. The normalized spacial score (nSPS) is 14.5. The van der Waals surface area contributed by atoms with Crippen LogP contribution < -0.4 is 19.7 Å². The van der Waals surface area contributed by atoms with Crippen LogP contribution in [0.1, 0.15) is 32.3 Å². The number of anilines is 1. The summed E-state index contributed by atoms with van der Waals surface area (Å²) in [5.41, 5.74) is 2.77. The molecule has 1 N–H and O–H groups in total. The maximum atomic E-state index is 12.7. The summed E-state index contributed by atoms with van der Waals surface area (Å²) in [6, 6.07) is 14.4. The van der Waals surface area contributed by atoms with E-state index in [0.29, 0.717) is 25.8 Å². The summed E-state index contributed by atoms with van der Waals surface area (Å²) in [5, 5.41) is 3.10. The Bertz CT molecular complexity index is 1010. The Morgan fingerprint density at radius 3 is 2.59 bits per heavy atom. The van der Waals surface area contributed by atoms with Crippen molar-refractivity contribution in [2.75, 3.05) is 37.7 Å². The number of hydrogen-bond acceptors (Lipinski definition) is 6. The van der Waals surface area contributed by atoms with E-state index in [1.165, 1.54) is 0 Å². The monoisotopic (exact) mass is 437 g/mol. The molecule has 2 aromatic carbocycles. The first-order valence-corrected chi connectivity index (χ1v) is 11.4. The highest BCUT2D eigenvalue weighted by molar-refractivity contribution is 5.79. The Morgan fingerprint density at radius 1 is 1.09 bits per heavy atom. The van der Waals surface area contributed by atoms with Crippen LogP contribution in [0.2, 0.25) is 0 Å². The summed E-state index contributed by atoms with van der Waals surface area (Å²) < 4.78 is 17.2. The highest BCUT2D eigenvalue weighted by Crippen LogP contribution is 2.29. The molecule has 0 atom stereocenters. The van der Waals surface area contributed by atoms with Crippen LogP contribution in [0.4, 0.5) is 6.01 Å². The van der Waals surface area contributed by atoms with Crippen molar-refractivity contribution < 1.29 is 18.7 Å². The first-order chi connectivity index (χ1) is 15.7. The molecule has 1 amide bonds. The number of hydrogen-bond donors (Lipinski definition) is 1. The van der Waals surface area contributed by atoms with Gasteiger partial charge in [0.05, 0.1) is 13.2 Å². The molecule has 1 aromatic heterocycles. The zero-order chi connectivity index (χ0) is 22.3. The predicted octanol–water partition coefficient (Wildman–Crippen LogP) is 4.20. The molecule has 0 bridgehead atoms. The average Bonchev–Trinajstić information content (AvgIpc) is 3.25. The first kappa shape index (κ1) is 22.0. The zero-order valence-electron chi connectivity index (χ0n) is 18.8. The number of amides is 1. The molecule has 4 rings (SSSR count). The standard InChI is InChI=1S/C25H31N3O4/c1-3-30-22-10-9-18(17-23(22)31-4-2)11-14-26-24(29)19-12-15-28(16-13-19)25-27-20-7-5-6-8-21(20)32-25/h5-10,17,19H,3-4,11-16H2,1-2H3,(H,26,29). The maximum absolute atomic E-state index is 12.7. The van der Waals surface area contributed by atoms with Gasteiger partial charge in [0.2, 0.25) is 5.91 Å². The van der Waals surface area contributed by atoms with Gasteiger partial charge >= 0.3 is 0 Å². The van der Waals surface area contributed by atoms with Crippen LogP contribution in [-0.2, 0) is 11.2 Å². The lowest BCUT2D eigenvalue weighted by molar-refractivity contribution is -0.125. The fraction of sp³-hybridized carbons (Fsp3) is 0.440. The highest BCUT2D eigenvalue weighted by Gasteiger charge is 2.27. The van der Waals surface area contributed by atoms with Crippen molar-refractivity contribution in [1.29, 1.82) is 0 Å². The second kappa shape index (κ2) is 10.4. The molecule has 0 spiro atoms. The van der Waals surface area contributed by atoms with E-state index in [1.807, 2.05) is 56.3 Å². The van der Waals surface area contributed by atoms with Gasteiger partial charge in [-0.05, 0) is 62.9 Å². The van der Waals surface area contributed by atoms with Crippen LogP contribution in [0.25, 0.3) is 11.1 Å². The number of ether oxygens (including phenoxy) is 2. The van der Waals surface area contributed by atoms with E-state index in [-0.39, 0.29) is 11.8 Å². The summed E-state index contributed by atoms with van der Waals surface area (Å²) in [6.07, 6.45) is 2.34. The van der Waals surface area contributed by atoms with Gasteiger partial charge in [0.1, 0.15) is 5.52 Å². The van der Waals surface area contributed by atoms with Gasteiger partial charge < -0.3 is 24.1 Å². The number of carbonyl (C=O) groups excluding carboxylic acids is 1. The molecular formula is C25H31N3O4. The third-order valence-electron chi connectivity index (χ3n) is 5.74. The summed E-state index contributed by atoms with van der Waals surface area (Å²) in [7, 11) is 0. The summed E-state index contributed by atoms with van der Waals surface area (Å²) in [6.45, 7) is 7.23. The molecule has 1 aliphatic rings. The van der Waals surface area contributed by atoms with Gasteiger partial charge in [-0.25, -0.2) is 0 Å². The smallest absolute Gasteiger partial charge is 0.298 e. The number of para-hydroxylation sites is 2. The van der Waals surface area contributed by atoms with Gasteiger partial charge in [-0.1, -0.05) is 18.2 Å². The summed E-state index contributed by atoms with van der Waals surface area (Å²) >= 11 is 0. The molecule has 32 heavy (non-hydrogen) atoms. The van der Waals surface area contributed by atoms with E-state index in [9.17, 15) is 4.79 Å². The highest BCUT2D eigenvalue weighted by atomic mass is 16.5. The van der Waals surface area contributed by atoms with Crippen molar-refractivity contribution in [2.45, 2.75) is 33.1 Å². The fourth-order valence-corrected chi connectivity index (χ4v) is 4.05. The molecule has 0 saturated carbocycles. The number of nitrogens with one attached hydrogen (secondary N) is 1. The molecule has 7 nitrogen and oxygen atoms in total. The van der Waals surface area contributed by atoms with Gasteiger partial charge in [-0.2, -0.15) is 4.98 Å². The van der Waals surface area contributed by atoms with E-state index >= 15 is 0 Å². The maximum Gasteiger partial charge on any atom is 0.298 e. The van der Waals surface area contributed by atoms with Gasteiger partial charge in [-0.15, -0.1) is 0 Å². The van der Waals surface area contributed by atoms with Crippen molar-refractivity contribution in [2.24, 2.45) is 5.92 Å². The Morgan fingerprint density at radius 2 is 1.84 bits per heavy atom.